The first-order chi connectivity index (χ1) is 7.65. The molecule has 0 radical (unpaired) electrons. The summed E-state index contributed by atoms with van der Waals surface area (Å²) in [5.41, 5.74) is 21.3. The SMILES string of the molecule is Cc1cc(N)c(CCCCCCN)c(N)c1. The number of benzene rings is 1. The summed E-state index contributed by atoms with van der Waals surface area (Å²) in [5, 5.41) is 0. The van der Waals surface area contributed by atoms with Crippen molar-refractivity contribution < 1.29 is 0 Å². The molecule has 0 fully saturated rings. The first kappa shape index (κ1) is 12.8. The third-order valence-electron chi connectivity index (χ3n) is 2.84. The maximum absolute atomic E-state index is 5.96. The molecule has 0 bridgehead atoms. The van der Waals surface area contributed by atoms with E-state index in [2.05, 4.69) is 0 Å². The number of nitrogens with two attached hydrogens (primary N) is 3. The lowest BCUT2D eigenvalue weighted by Crippen LogP contribution is -2.02. The van der Waals surface area contributed by atoms with Crippen molar-refractivity contribution >= 4 is 11.4 Å². The Morgan fingerprint density at radius 1 is 0.938 bits per heavy atom. The van der Waals surface area contributed by atoms with Gasteiger partial charge in [-0.05, 0) is 56.0 Å². The van der Waals surface area contributed by atoms with Crippen molar-refractivity contribution in [3.63, 3.8) is 0 Å². The minimum atomic E-state index is 0.787. The molecule has 0 unspecified atom stereocenters. The lowest BCUT2D eigenvalue weighted by Gasteiger charge is -2.10. The number of hydrogen-bond donors (Lipinski definition) is 3. The zero-order chi connectivity index (χ0) is 12.0. The van der Waals surface area contributed by atoms with E-state index in [1.807, 2.05) is 19.1 Å². The predicted octanol–water partition coefficient (Wildman–Crippen LogP) is 2.22. The van der Waals surface area contributed by atoms with E-state index in [0.29, 0.717) is 0 Å². The Hall–Kier alpha value is -1.22. The van der Waals surface area contributed by atoms with Gasteiger partial charge in [0.25, 0.3) is 0 Å². The molecular formula is C13H23N3. The van der Waals surface area contributed by atoms with Gasteiger partial charge in [-0.2, -0.15) is 0 Å². The lowest BCUT2D eigenvalue weighted by atomic mass is 10.0. The van der Waals surface area contributed by atoms with E-state index in [0.717, 1.165) is 48.3 Å². The predicted molar refractivity (Wildman–Crippen MR) is 71.2 cm³/mol. The maximum Gasteiger partial charge on any atom is 0.0369 e. The van der Waals surface area contributed by atoms with E-state index in [1.165, 1.54) is 12.8 Å². The lowest BCUT2D eigenvalue weighted by molar-refractivity contribution is 0.647. The van der Waals surface area contributed by atoms with Crippen molar-refractivity contribution in [3.8, 4) is 0 Å². The van der Waals surface area contributed by atoms with Crippen molar-refractivity contribution in [3.05, 3.63) is 23.3 Å². The maximum atomic E-state index is 5.96. The zero-order valence-electron chi connectivity index (χ0n) is 10.1. The van der Waals surface area contributed by atoms with E-state index < -0.39 is 0 Å². The monoisotopic (exact) mass is 221 g/mol. The van der Waals surface area contributed by atoms with Crippen LogP contribution in [0.15, 0.2) is 12.1 Å². The van der Waals surface area contributed by atoms with Gasteiger partial charge in [-0.3, -0.25) is 0 Å². The van der Waals surface area contributed by atoms with E-state index in [-0.39, 0.29) is 0 Å². The molecule has 0 aliphatic rings. The molecule has 3 nitrogen and oxygen atoms in total. The Kier molecular flexibility index (Phi) is 5.12. The fourth-order valence-electron chi connectivity index (χ4n) is 1.96. The molecule has 0 atom stereocenters. The number of nitrogen functional groups attached to an aromatic ring is 2. The molecule has 1 rings (SSSR count). The largest absolute Gasteiger partial charge is 0.398 e. The molecule has 0 saturated carbocycles. The second kappa shape index (κ2) is 6.38. The molecule has 16 heavy (non-hydrogen) atoms. The van der Waals surface area contributed by atoms with Gasteiger partial charge in [-0.1, -0.05) is 12.8 Å². The molecule has 0 spiro atoms. The van der Waals surface area contributed by atoms with Crippen LogP contribution in [0.2, 0.25) is 0 Å². The minimum Gasteiger partial charge on any atom is -0.398 e. The van der Waals surface area contributed by atoms with Gasteiger partial charge in [0, 0.05) is 11.4 Å². The molecule has 90 valence electrons. The van der Waals surface area contributed by atoms with Crippen LogP contribution in [0.3, 0.4) is 0 Å². The number of anilines is 2. The van der Waals surface area contributed by atoms with Gasteiger partial charge in [0.05, 0.1) is 0 Å². The second-order valence-electron chi connectivity index (χ2n) is 4.37. The fourth-order valence-corrected chi connectivity index (χ4v) is 1.96. The Morgan fingerprint density at radius 3 is 2.06 bits per heavy atom. The van der Waals surface area contributed by atoms with Gasteiger partial charge in [0.15, 0.2) is 0 Å². The van der Waals surface area contributed by atoms with Crippen LogP contribution in [0.4, 0.5) is 11.4 Å². The standard InChI is InChI=1S/C13H23N3/c1-10-8-12(15)11(13(16)9-10)6-4-2-3-5-7-14/h8-9H,2-7,14-16H2,1H3. The van der Waals surface area contributed by atoms with Gasteiger partial charge in [0.1, 0.15) is 0 Å². The van der Waals surface area contributed by atoms with E-state index in [9.17, 15) is 0 Å². The highest BCUT2D eigenvalue weighted by molar-refractivity contribution is 5.63. The van der Waals surface area contributed by atoms with Crippen molar-refractivity contribution in [2.45, 2.75) is 39.0 Å². The van der Waals surface area contributed by atoms with Crippen LogP contribution >= 0.6 is 0 Å². The first-order valence-corrected chi connectivity index (χ1v) is 5.99. The van der Waals surface area contributed by atoms with Crippen LogP contribution in [0, 0.1) is 6.92 Å². The van der Waals surface area contributed by atoms with Crippen LogP contribution in [-0.4, -0.2) is 6.54 Å². The molecule has 0 aromatic heterocycles. The number of unbranched alkanes of at least 4 members (excludes halogenated alkanes) is 3. The minimum absolute atomic E-state index is 0.787. The smallest absolute Gasteiger partial charge is 0.0369 e. The molecule has 0 aliphatic heterocycles. The topological polar surface area (TPSA) is 78.1 Å². The summed E-state index contributed by atoms with van der Waals surface area (Å²) in [6.45, 7) is 2.80. The summed E-state index contributed by atoms with van der Waals surface area (Å²) in [6, 6.07) is 3.98. The molecule has 0 heterocycles. The van der Waals surface area contributed by atoms with Gasteiger partial charge >= 0.3 is 0 Å². The normalized spacial score (nSPS) is 10.6. The molecule has 0 saturated heterocycles. The van der Waals surface area contributed by atoms with Crippen LogP contribution in [0.1, 0.15) is 36.8 Å². The zero-order valence-corrected chi connectivity index (χ0v) is 10.1. The Labute approximate surface area is 98.0 Å². The van der Waals surface area contributed by atoms with Crippen LogP contribution in [-0.2, 0) is 6.42 Å². The van der Waals surface area contributed by atoms with Gasteiger partial charge in [0.2, 0.25) is 0 Å². The molecule has 3 heteroatoms. The van der Waals surface area contributed by atoms with Crippen molar-refractivity contribution in [2.75, 3.05) is 18.0 Å². The highest BCUT2D eigenvalue weighted by Crippen LogP contribution is 2.23. The number of rotatable bonds is 6. The molecule has 1 aromatic rings. The summed E-state index contributed by atoms with van der Waals surface area (Å²) < 4.78 is 0. The van der Waals surface area contributed by atoms with Crippen LogP contribution in [0.25, 0.3) is 0 Å². The third-order valence-corrected chi connectivity index (χ3v) is 2.84. The number of aryl methyl sites for hydroxylation is 1. The molecule has 1 aromatic carbocycles. The van der Waals surface area contributed by atoms with Gasteiger partial charge in [-0.25, -0.2) is 0 Å². The summed E-state index contributed by atoms with van der Waals surface area (Å²) in [5.74, 6) is 0. The van der Waals surface area contributed by atoms with Crippen molar-refractivity contribution in [2.24, 2.45) is 5.73 Å². The van der Waals surface area contributed by atoms with Crippen molar-refractivity contribution in [1.29, 1.82) is 0 Å². The highest BCUT2D eigenvalue weighted by atomic mass is 14.6. The highest BCUT2D eigenvalue weighted by Gasteiger charge is 2.04. The van der Waals surface area contributed by atoms with E-state index in [1.54, 1.807) is 0 Å². The average Bonchev–Trinajstić information content (AvgIpc) is 2.20. The second-order valence-corrected chi connectivity index (χ2v) is 4.37. The third kappa shape index (κ3) is 3.74. The summed E-state index contributed by atoms with van der Waals surface area (Å²) in [6.07, 6.45) is 5.62. The molecule has 6 N–H and O–H groups in total. The summed E-state index contributed by atoms with van der Waals surface area (Å²) in [4.78, 5) is 0. The Balaban J connectivity index is 2.47. The first-order valence-electron chi connectivity index (χ1n) is 5.99. The van der Waals surface area contributed by atoms with Crippen LogP contribution < -0.4 is 17.2 Å². The molecular weight excluding hydrogens is 198 g/mol. The quantitative estimate of drug-likeness (QED) is 0.509. The van der Waals surface area contributed by atoms with Crippen molar-refractivity contribution in [1.82, 2.24) is 0 Å². The van der Waals surface area contributed by atoms with Crippen LogP contribution in [0.5, 0.6) is 0 Å². The number of hydrogen-bond acceptors (Lipinski definition) is 3. The average molecular weight is 221 g/mol. The molecule has 0 amide bonds. The summed E-state index contributed by atoms with van der Waals surface area (Å²) >= 11 is 0. The fraction of sp³-hybridized carbons (Fsp3) is 0.538. The summed E-state index contributed by atoms with van der Waals surface area (Å²) in [7, 11) is 0. The van der Waals surface area contributed by atoms with Gasteiger partial charge in [-0.15, -0.1) is 0 Å². The molecule has 0 aliphatic carbocycles. The van der Waals surface area contributed by atoms with E-state index in [4.69, 9.17) is 17.2 Å². The Bertz CT molecular complexity index is 311. The van der Waals surface area contributed by atoms with Gasteiger partial charge < -0.3 is 17.2 Å². The Morgan fingerprint density at radius 2 is 1.50 bits per heavy atom. The van der Waals surface area contributed by atoms with E-state index >= 15 is 0 Å².